The van der Waals surface area contributed by atoms with Crippen LogP contribution in [0.2, 0.25) is 0 Å². The zero-order chi connectivity index (χ0) is 38.2. The molecule has 13 nitrogen and oxygen atoms in total. The number of nitrogens with zero attached hydrogens (tertiary/aromatic N) is 6. The largest absolute Gasteiger partial charge is 0.497 e. The number of imidazole rings is 1. The molecule has 0 radical (unpaired) electrons. The minimum absolute atomic E-state index is 0.177. The van der Waals surface area contributed by atoms with Crippen LogP contribution in [-0.4, -0.2) is 55.5 Å². The number of benzene rings is 3. The summed E-state index contributed by atoms with van der Waals surface area (Å²) in [7, 11) is 1.64. The minimum atomic E-state index is -0.621. The van der Waals surface area contributed by atoms with Gasteiger partial charge in [-0.3, -0.25) is 9.36 Å². The van der Waals surface area contributed by atoms with Gasteiger partial charge in [0, 0.05) is 29.8 Å². The normalized spacial score (nSPS) is 15.3. The van der Waals surface area contributed by atoms with Gasteiger partial charge in [0.2, 0.25) is 0 Å². The molecular weight excluding hydrogens is 709 g/mol. The number of nitrogen functional groups attached to an aromatic ring is 1. The molecule has 0 unspecified atom stereocenters. The van der Waals surface area contributed by atoms with Gasteiger partial charge in [-0.1, -0.05) is 25.1 Å². The highest BCUT2D eigenvalue weighted by molar-refractivity contribution is 5.95. The van der Waals surface area contributed by atoms with Gasteiger partial charge in [-0.25, -0.2) is 19.6 Å². The van der Waals surface area contributed by atoms with Crippen molar-refractivity contribution in [3.05, 3.63) is 137 Å². The summed E-state index contributed by atoms with van der Waals surface area (Å²) in [5, 5.41) is 7.73. The van der Waals surface area contributed by atoms with Gasteiger partial charge in [0.25, 0.3) is 5.91 Å². The molecule has 0 bridgehead atoms. The second-order valence-corrected chi connectivity index (χ2v) is 13.7. The molecule has 0 spiro atoms. The van der Waals surface area contributed by atoms with Crippen molar-refractivity contribution < 1.29 is 23.7 Å². The fraction of sp³-hybridized carbons (Fsp3) is 0.233. The molecule has 2 aliphatic rings. The van der Waals surface area contributed by atoms with Crippen molar-refractivity contribution in [1.82, 2.24) is 34.6 Å². The summed E-state index contributed by atoms with van der Waals surface area (Å²) in [6, 6.07) is 26.9. The van der Waals surface area contributed by atoms with Gasteiger partial charge in [0.15, 0.2) is 23.6 Å². The van der Waals surface area contributed by atoms with Crippen LogP contribution in [0.1, 0.15) is 63.9 Å². The van der Waals surface area contributed by atoms with Crippen LogP contribution in [0.25, 0.3) is 34.1 Å². The van der Waals surface area contributed by atoms with Crippen LogP contribution in [0.3, 0.4) is 0 Å². The summed E-state index contributed by atoms with van der Waals surface area (Å²) in [5.41, 5.74) is 14.9. The lowest BCUT2D eigenvalue weighted by Crippen LogP contribution is -2.27. The molecule has 1 saturated heterocycles. The molecule has 282 valence electrons. The predicted octanol–water partition coefficient (Wildman–Crippen LogP) is 6.86. The Morgan fingerprint density at radius 1 is 0.964 bits per heavy atom. The Hall–Kier alpha value is -6.57. The van der Waals surface area contributed by atoms with Gasteiger partial charge in [0.1, 0.15) is 29.4 Å². The summed E-state index contributed by atoms with van der Waals surface area (Å²) in [6.07, 6.45) is 6.95. The molecule has 1 aliphatic carbocycles. The van der Waals surface area contributed by atoms with Crippen molar-refractivity contribution in [2.45, 2.75) is 45.1 Å². The molecule has 1 fully saturated rings. The van der Waals surface area contributed by atoms with E-state index >= 15 is 0 Å². The second-order valence-electron chi connectivity index (χ2n) is 13.7. The first-order valence-electron chi connectivity index (χ1n) is 18.7. The summed E-state index contributed by atoms with van der Waals surface area (Å²) in [6.45, 7) is 3.37. The Kier molecular flexibility index (Phi) is 9.37. The number of rotatable bonds is 11. The van der Waals surface area contributed by atoms with E-state index in [2.05, 4.69) is 40.5 Å². The first-order chi connectivity index (χ1) is 27.5. The number of aryl methyl sites for hydroxylation is 2. The van der Waals surface area contributed by atoms with Gasteiger partial charge in [-0.2, -0.15) is 5.10 Å². The lowest BCUT2D eigenvalue weighted by atomic mass is 10.0. The van der Waals surface area contributed by atoms with Crippen LogP contribution >= 0.6 is 0 Å². The Labute approximate surface area is 323 Å². The van der Waals surface area contributed by atoms with E-state index in [0.717, 1.165) is 58.5 Å². The number of fused-ring (bicyclic) bond motifs is 2. The standard InChI is InChI=1S/C43H40N8O5/c1-3-27-24-37(50-19-5-18-46-50)48-41-38(27)49-40(33-6-4-17-45-39(33)44)51(41)30-11-14-32-28(22-30)9-15-35(32)47-42(52)29-10-16-36(34(23-29)43-54-20-21-55-43)56-25-26-7-12-31(53-2)13-8-26/h4-8,10-14,16-19,22-24,35,43H,3,9,15,20-21,25H2,1-2H3,(H2,44,45)(H,47,52)/t35-/m0/s1. The SMILES string of the molecule is CCc1cc(-n2cccn2)nc2c1nc(-c1cccnc1N)n2-c1ccc2c(c1)CC[C@@H]2NC(=O)c1ccc(OCc2ccc(OC)cc2)c(C2OCCO2)c1. The molecule has 7 aromatic rings. The summed E-state index contributed by atoms with van der Waals surface area (Å²) >= 11 is 0. The van der Waals surface area contributed by atoms with E-state index in [1.54, 1.807) is 36.3 Å². The molecule has 1 amide bonds. The molecule has 13 heteroatoms. The number of hydrogen-bond acceptors (Lipinski definition) is 10. The van der Waals surface area contributed by atoms with E-state index in [4.69, 9.17) is 34.6 Å². The quantitative estimate of drug-likeness (QED) is 0.143. The van der Waals surface area contributed by atoms with Crippen molar-refractivity contribution in [3.63, 3.8) is 0 Å². The van der Waals surface area contributed by atoms with Crippen molar-refractivity contribution in [2.75, 3.05) is 26.1 Å². The number of anilines is 1. The number of ether oxygens (including phenoxy) is 4. The topological polar surface area (TPSA) is 153 Å². The maximum atomic E-state index is 13.9. The lowest BCUT2D eigenvalue weighted by molar-refractivity contribution is -0.0459. The molecule has 56 heavy (non-hydrogen) atoms. The summed E-state index contributed by atoms with van der Waals surface area (Å²) in [5.74, 6) is 2.91. The van der Waals surface area contributed by atoms with Crippen LogP contribution in [-0.2, 0) is 28.9 Å². The smallest absolute Gasteiger partial charge is 0.251 e. The van der Waals surface area contributed by atoms with Crippen molar-refractivity contribution in [3.8, 4) is 34.4 Å². The Morgan fingerprint density at radius 3 is 2.59 bits per heavy atom. The van der Waals surface area contributed by atoms with E-state index < -0.39 is 6.29 Å². The number of aromatic nitrogens is 6. The molecule has 3 N–H and O–H groups in total. The highest BCUT2D eigenvalue weighted by Crippen LogP contribution is 2.38. The van der Waals surface area contributed by atoms with E-state index in [9.17, 15) is 4.79 Å². The first-order valence-corrected chi connectivity index (χ1v) is 18.7. The summed E-state index contributed by atoms with van der Waals surface area (Å²) in [4.78, 5) is 28.4. The number of carbonyl (C=O) groups excluding carboxylic acids is 1. The first kappa shape index (κ1) is 35.2. The van der Waals surface area contributed by atoms with Crippen LogP contribution in [0.15, 0.2) is 104 Å². The molecular formula is C43H40N8O5. The van der Waals surface area contributed by atoms with E-state index in [0.29, 0.717) is 65.4 Å². The number of nitrogens with two attached hydrogens (primary N) is 1. The Bertz CT molecular complexity index is 2550. The molecule has 4 aromatic heterocycles. The Morgan fingerprint density at radius 2 is 1.82 bits per heavy atom. The van der Waals surface area contributed by atoms with Crippen molar-refractivity contribution in [1.29, 1.82) is 0 Å². The molecule has 9 rings (SSSR count). The summed E-state index contributed by atoms with van der Waals surface area (Å²) < 4.78 is 27.0. The van der Waals surface area contributed by atoms with Crippen LogP contribution in [0.5, 0.6) is 11.5 Å². The minimum Gasteiger partial charge on any atom is -0.497 e. The van der Waals surface area contributed by atoms with E-state index in [-0.39, 0.29) is 11.9 Å². The van der Waals surface area contributed by atoms with Crippen molar-refractivity contribution in [2.24, 2.45) is 0 Å². The average Bonchev–Trinajstić information content (AvgIpc) is 4.08. The number of hydrogen-bond donors (Lipinski definition) is 2. The van der Waals surface area contributed by atoms with E-state index in [1.165, 1.54) is 0 Å². The van der Waals surface area contributed by atoms with Gasteiger partial charge in [-0.05, 0) is 108 Å². The second kappa shape index (κ2) is 14.9. The predicted molar refractivity (Wildman–Crippen MR) is 210 cm³/mol. The Balaban J connectivity index is 1.01. The highest BCUT2D eigenvalue weighted by atomic mass is 16.7. The van der Waals surface area contributed by atoms with Crippen LogP contribution < -0.4 is 20.5 Å². The fourth-order valence-corrected chi connectivity index (χ4v) is 7.48. The molecule has 3 aromatic carbocycles. The monoisotopic (exact) mass is 748 g/mol. The number of carbonyl (C=O) groups is 1. The fourth-order valence-electron chi connectivity index (χ4n) is 7.48. The van der Waals surface area contributed by atoms with Gasteiger partial charge >= 0.3 is 0 Å². The zero-order valence-corrected chi connectivity index (χ0v) is 31.0. The number of amides is 1. The van der Waals surface area contributed by atoms with Gasteiger partial charge < -0.3 is 30.0 Å². The maximum Gasteiger partial charge on any atom is 0.251 e. The van der Waals surface area contributed by atoms with E-state index in [1.807, 2.05) is 65.4 Å². The molecule has 1 atom stereocenters. The third kappa shape index (κ3) is 6.60. The number of pyridine rings is 2. The molecule has 1 aliphatic heterocycles. The third-order valence-corrected chi connectivity index (χ3v) is 10.3. The zero-order valence-electron chi connectivity index (χ0n) is 31.0. The number of methoxy groups -OCH3 is 1. The lowest BCUT2D eigenvalue weighted by Gasteiger charge is -2.19. The van der Waals surface area contributed by atoms with Gasteiger partial charge in [-0.15, -0.1) is 0 Å². The molecule has 0 saturated carbocycles. The number of nitrogens with one attached hydrogen (secondary N) is 1. The maximum absolute atomic E-state index is 13.9. The van der Waals surface area contributed by atoms with Crippen molar-refractivity contribution >= 4 is 22.9 Å². The van der Waals surface area contributed by atoms with Crippen LogP contribution in [0, 0.1) is 0 Å². The van der Waals surface area contributed by atoms with Crippen LogP contribution in [0.4, 0.5) is 5.82 Å². The average molecular weight is 749 g/mol. The third-order valence-electron chi connectivity index (χ3n) is 10.3. The highest BCUT2D eigenvalue weighted by Gasteiger charge is 2.29. The van der Waals surface area contributed by atoms with Gasteiger partial charge in [0.05, 0.1) is 37.5 Å². The molecule has 5 heterocycles.